The predicted molar refractivity (Wildman–Crippen MR) is 125 cm³/mol. The number of anilines is 2. The zero-order chi connectivity index (χ0) is 22.7. The van der Waals surface area contributed by atoms with Gasteiger partial charge in [0.25, 0.3) is 0 Å². The summed E-state index contributed by atoms with van der Waals surface area (Å²) < 4.78 is 29.1. The van der Waals surface area contributed by atoms with Gasteiger partial charge in [-0.1, -0.05) is 0 Å². The Labute approximate surface area is 194 Å². The maximum atomic E-state index is 6.80. The van der Waals surface area contributed by atoms with E-state index in [-0.39, 0.29) is 24.4 Å². The summed E-state index contributed by atoms with van der Waals surface area (Å²) in [6.45, 7) is 7.31. The average molecular weight is 453 g/mol. The Balaban J connectivity index is 1.46. The van der Waals surface area contributed by atoms with Gasteiger partial charge in [-0.15, -0.1) is 0 Å². The van der Waals surface area contributed by atoms with E-state index in [0.29, 0.717) is 0 Å². The summed E-state index contributed by atoms with van der Waals surface area (Å²) in [5.74, 6) is 1.73. The van der Waals surface area contributed by atoms with Crippen LogP contribution in [0.15, 0.2) is 12.1 Å². The van der Waals surface area contributed by atoms with E-state index in [9.17, 15) is 0 Å². The van der Waals surface area contributed by atoms with Gasteiger partial charge < -0.3 is 35.2 Å². The maximum absolute atomic E-state index is 6.80. The first-order chi connectivity index (χ1) is 16.0. The van der Waals surface area contributed by atoms with E-state index in [0.717, 1.165) is 108 Å². The van der Waals surface area contributed by atoms with Crippen molar-refractivity contribution in [2.45, 2.75) is 63.9 Å². The van der Waals surface area contributed by atoms with Crippen molar-refractivity contribution in [1.29, 1.82) is 0 Å². The molecule has 0 radical (unpaired) electrons. The molecule has 0 spiro atoms. The first-order valence-corrected chi connectivity index (χ1v) is 11.9. The molecule has 0 aliphatic carbocycles. The number of nitrogens with two attached hydrogens (primary N) is 2. The number of ether oxygens (including phenoxy) is 5. The van der Waals surface area contributed by atoms with Crippen LogP contribution in [0.4, 0.5) is 11.4 Å². The normalized spacial score (nSPS) is 26.8. The van der Waals surface area contributed by atoms with Gasteiger partial charge in [0, 0.05) is 48.2 Å². The molecule has 4 saturated heterocycles. The minimum Gasteiger partial charge on any atom is -0.456 e. The van der Waals surface area contributed by atoms with E-state index < -0.39 is 0 Å². The van der Waals surface area contributed by atoms with Crippen LogP contribution >= 0.6 is 0 Å². The van der Waals surface area contributed by atoms with Crippen LogP contribution in [0.1, 0.15) is 33.4 Å². The number of nitrogen functional groups attached to an aromatic ring is 2. The Kier molecular flexibility index (Phi) is 5.25. The van der Waals surface area contributed by atoms with Crippen LogP contribution in [0.5, 0.6) is 11.5 Å². The van der Waals surface area contributed by atoms with E-state index in [1.807, 2.05) is 12.1 Å². The van der Waals surface area contributed by atoms with E-state index in [1.165, 1.54) is 0 Å². The zero-order valence-corrected chi connectivity index (χ0v) is 19.3. The third-order valence-electron chi connectivity index (χ3n) is 7.23. The predicted octanol–water partition coefficient (Wildman–Crippen LogP) is 3.03. The van der Waals surface area contributed by atoms with E-state index in [1.54, 1.807) is 0 Å². The van der Waals surface area contributed by atoms with Gasteiger partial charge in [-0.2, -0.15) is 0 Å². The highest BCUT2D eigenvalue weighted by Crippen LogP contribution is 2.44. The summed E-state index contributed by atoms with van der Waals surface area (Å²) in [5, 5.41) is 0. The van der Waals surface area contributed by atoms with Crippen LogP contribution in [-0.4, -0.2) is 50.8 Å². The Morgan fingerprint density at radius 2 is 1.18 bits per heavy atom. The van der Waals surface area contributed by atoms with Gasteiger partial charge in [0.15, 0.2) is 0 Å². The van der Waals surface area contributed by atoms with Gasteiger partial charge in [-0.3, -0.25) is 0 Å². The Morgan fingerprint density at radius 3 is 1.73 bits per heavy atom. The van der Waals surface area contributed by atoms with Crippen molar-refractivity contribution in [3.05, 3.63) is 45.5 Å². The lowest BCUT2D eigenvalue weighted by Crippen LogP contribution is -2.14. The topological polar surface area (TPSA) is 111 Å². The van der Waals surface area contributed by atoms with Crippen LogP contribution in [0, 0.1) is 13.8 Å². The molecule has 4 atom stereocenters. The molecule has 4 unspecified atom stereocenters. The molecule has 4 N–H and O–H groups in total. The molecule has 2 aromatic rings. The van der Waals surface area contributed by atoms with Crippen molar-refractivity contribution in [2.24, 2.45) is 0 Å². The van der Waals surface area contributed by atoms with Crippen LogP contribution in [0.3, 0.4) is 0 Å². The summed E-state index contributed by atoms with van der Waals surface area (Å²) >= 11 is 0. The van der Waals surface area contributed by atoms with Crippen LogP contribution < -0.4 is 16.2 Å². The minimum absolute atomic E-state index is 0.218. The van der Waals surface area contributed by atoms with Crippen molar-refractivity contribution in [1.82, 2.24) is 0 Å². The van der Waals surface area contributed by atoms with Crippen LogP contribution in [0.2, 0.25) is 0 Å². The standard InChI is InChI=1S/C26H32N2O5/c1-13-19(5-15-9-29-15)24(4-3-23(13)27)33-26-14(2)20(6-16-10-30-16)25(28)21(7-17-11-31-17)22(26)8-18-12-32-18/h3-4,15-18H,5-12,27-28H2,1-2H3. The maximum Gasteiger partial charge on any atom is 0.134 e. The molecule has 0 bridgehead atoms. The fraction of sp³-hybridized carbons (Fsp3) is 0.538. The third kappa shape index (κ3) is 4.55. The monoisotopic (exact) mass is 452 g/mol. The minimum atomic E-state index is 0.218. The van der Waals surface area contributed by atoms with Crippen LogP contribution in [0.25, 0.3) is 0 Å². The largest absolute Gasteiger partial charge is 0.456 e. The van der Waals surface area contributed by atoms with Crippen molar-refractivity contribution in [3.8, 4) is 11.5 Å². The lowest BCUT2D eigenvalue weighted by molar-refractivity contribution is 0.393. The second-order valence-corrected chi connectivity index (χ2v) is 9.80. The number of rotatable bonds is 10. The summed E-state index contributed by atoms with van der Waals surface area (Å²) in [6, 6.07) is 3.91. The lowest BCUT2D eigenvalue weighted by Gasteiger charge is -2.24. The molecular weight excluding hydrogens is 420 g/mol. The number of hydrogen-bond donors (Lipinski definition) is 2. The second-order valence-electron chi connectivity index (χ2n) is 9.80. The molecule has 4 aliphatic heterocycles. The summed E-state index contributed by atoms with van der Waals surface area (Å²) in [5.41, 5.74) is 21.4. The SMILES string of the molecule is Cc1c(N)ccc(Oc2c(C)c(CC3CO3)c(N)c(CC3CO3)c2CC2CO2)c1CC1CO1. The molecule has 7 nitrogen and oxygen atoms in total. The third-order valence-corrected chi connectivity index (χ3v) is 7.23. The van der Waals surface area contributed by atoms with Crippen LogP contribution in [-0.2, 0) is 44.6 Å². The first kappa shape index (κ1) is 21.2. The van der Waals surface area contributed by atoms with Crippen molar-refractivity contribution >= 4 is 11.4 Å². The quantitative estimate of drug-likeness (QED) is 0.421. The molecule has 4 heterocycles. The van der Waals surface area contributed by atoms with Crippen molar-refractivity contribution in [2.75, 3.05) is 37.9 Å². The number of hydrogen-bond acceptors (Lipinski definition) is 7. The van der Waals surface area contributed by atoms with Gasteiger partial charge in [-0.25, -0.2) is 0 Å². The van der Waals surface area contributed by atoms with Gasteiger partial charge in [0.2, 0.25) is 0 Å². The molecule has 33 heavy (non-hydrogen) atoms. The summed E-state index contributed by atoms with van der Waals surface area (Å²) in [4.78, 5) is 0. The van der Waals surface area contributed by atoms with Gasteiger partial charge in [0.05, 0.1) is 50.8 Å². The zero-order valence-electron chi connectivity index (χ0n) is 19.3. The van der Waals surface area contributed by atoms with Gasteiger partial charge >= 0.3 is 0 Å². The number of benzene rings is 2. The van der Waals surface area contributed by atoms with E-state index >= 15 is 0 Å². The average Bonchev–Trinajstić information content (AvgIpc) is 3.62. The highest BCUT2D eigenvalue weighted by Gasteiger charge is 2.35. The summed E-state index contributed by atoms with van der Waals surface area (Å²) in [6.07, 6.45) is 4.11. The lowest BCUT2D eigenvalue weighted by atomic mass is 9.88. The smallest absolute Gasteiger partial charge is 0.134 e. The first-order valence-electron chi connectivity index (χ1n) is 11.9. The Hall–Kier alpha value is -2.32. The highest BCUT2D eigenvalue weighted by molar-refractivity contribution is 5.68. The molecule has 4 aliphatic rings. The fourth-order valence-corrected chi connectivity index (χ4v) is 4.76. The summed E-state index contributed by atoms with van der Waals surface area (Å²) in [7, 11) is 0. The van der Waals surface area contributed by atoms with E-state index in [4.69, 9.17) is 35.2 Å². The molecule has 4 fully saturated rings. The van der Waals surface area contributed by atoms with Crippen molar-refractivity contribution in [3.63, 3.8) is 0 Å². The molecule has 7 heteroatoms. The number of epoxide rings is 4. The molecular formula is C26H32N2O5. The Bertz CT molecular complexity index is 1090. The van der Waals surface area contributed by atoms with Gasteiger partial charge in [0.1, 0.15) is 11.5 Å². The molecule has 0 aromatic heterocycles. The second kappa shape index (κ2) is 8.17. The highest BCUT2D eigenvalue weighted by atomic mass is 16.6. The molecule has 0 amide bonds. The fourth-order valence-electron chi connectivity index (χ4n) is 4.76. The molecule has 176 valence electrons. The Morgan fingerprint density at radius 1 is 0.697 bits per heavy atom. The van der Waals surface area contributed by atoms with E-state index in [2.05, 4.69) is 13.8 Å². The van der Waals surface area contributed by atoms with Gasteiger partial charge in [-0.05, 0) is 48.2 Å². The molecule has 6 rings (SSSR count). The van der Waals surface area contributed by atoms with Crippen molar-refractivity contribution < 1.29 is 23.7 Å². The molecule has 0 saturated carbocycles. The molecule has 2 aromatic carbocycles.